The van der Waals surface area contributed by atoms with Crippen LogP contribution in [0.2, 0.25) is 5.02 Å². The van der Waals surface area contributed by atoms with E-state index in [-0.39, 0.29) is 4.91 Å². The lowest BCUT2D eigenvalue weighted by Crippen LogP contribution is -2.29. The lowest BCUT2D eigenvalue weighted by atomic mass is 10.2. The second-order valence-corrected chi connectivity index (χ2v) is 8.22. The molecule has 112 valence electrons. The van der Waals surface area contributed by atoms with Gasteiger partial charge in [0.05, 0.1) is 11.0 Å². The normalized spacial score (nSPS) is 13.2. The topological polar surface area (TPSA) is 82.3 Å². The van der Waals surface area contributed by atoms with Gasteiger partial charge in [-0.05, 0) is 26.8 Å². The number of benzene rings is 1. The number of halogens is 1. The van der Waals surface area contributed by atoms with E-state index < -0.39 is 14.6 Å². The molecule has 0 aliphatic carbocycles. The van der Waals surface area contributed by atoms with Crippen LogP contribution in [-0.4, -0.2) is 19.4 Å². The molecule has 0 saturated heterocycles. The first kappa shape index (κ1) is 17.2. The highest BCUT2D eigenvalue weighted by Crippen LogP contribution is 2.22. The van der Waals surface area contributed by atoms with Gasteiger partial charge in [0, 0.05) is 16.8 Å². The van der Waals surface area contributed by atoms with E-state index in [0.717, 1.165) is 6.20 Å². The van der Waals surface area contributed by atoms with Crippen molar-refractivity contribution in [2.24, 2.45) is 5.10 Å². The summed E-state index contributed by atoms with van der Waals surface area (Å²) >= 11 is 5.94. The number of nitrogens with one attached hydrogen (secondary N) is 1. The van der Waals surface area contributed by atoms with Crippen molar-refractivity contribution in [3.8, 4) is 6.07 Å². The summed E-state index contributed by atoms with van der Waals surface area (Å²) in [5.41, 5.74) is 3.12. The first-order valence-electron chi connectivity index (χ1n) is 6.08. The molecule has 0 atom stereocenters. The smallest absolute Gasteiger partial charge is 0.194 e. The van der Waals surface area contributed by atoms with Crippen molar-refractivity contribution >= 4 is 27.7 Å². The van der Waals surface area contributed by atoms with Crippen LogP contribution in [0.25, 0.3) is 0 Å². The minimum Gasteiger partial charge on any atom is -0.284 e. The number of nitriles is 1. The van der Waals surface area contributed by atoms with Crippen LogP contribution >= 0.6 is 11.6 Å². The molecule has 1 aromatic rings. The van der Waals surface area contributed by atoms with Crippen LogP contribution < -0.4 is 5.43 Å². The molecular formula is C14H16ClN3O2S. The summed E-state index contributed by atoms with van der Waals surface area (Å²) < 4.78 is 23.1. The number of hydrogen-bond acceptors (Lipinski definition) is 5. The van der Waals surface area contributed by atoms with Gasteiger partial charge in [0.15, 0.2) is 14.7 Å². The zero-order chi connectivity index (χ0) is 16.1. The maximum absolute atomic E-state index is 12.1. The van der Waals surface area contributed by atoms with Crippen molar-refractivity contribution < 1.29 is 8.42 Å². The molecule has 0 saturated carbocycles. The largest absolute Gasteiger partial charge is 0.284 e. The summed E-state index contributed by atoms with van der Waals surface area (Å²) in [6.07, 6.45) is 2.51. The van der Waals surface area contributed by atoms with E-state index >= 15 is 0 Å². The Morgan fingerprint density at radius 2 is 2.00 bits per heavy atom. The van der Waals surface area contributed by atoms with E-state index in [1.165, 1.54) is 27.0 Å². The maximum atomic E-state index is 12.1. The predicted molar refractivity (Wildman–Crippen MR) is 84.6 cm³/mol. The summed E-state index contributed by atoms with van der Waals surface area (Å²) in [7, 11) is -3.70. The number of sulfone groups is 1. The van der Waals surface area contributed by atoms with Crippen LogP contribution in [0.3, 0.4) is 0 Å². The molecule has 7 heteroatoms. The Morgan fingerprint density at radius 3 is 2.52 bits per heavy atom. The molecule has 5 nitrogen and oxygen atoms in total. The van der Waals surface area contributed by atoms with Crippen molar-refractivity contribution in [2.45, 2.75) is 25.5 Å². The number of allylic oxidation sites excluding steroid dienone is 1. The Kier molecular flexibility index (Phi) is 5.53. The molecule has 0 amide bonds. The maximum Gasteiger partial charge on any atom is 0.194 e. The van der Waals surface area contributed by atoms with Gasteiger partial charge in [0.2, 0.25) is 0 Å². The Labute approximate surface area is 129 Å². The molecule has 0 spiro atoms. The molecule has 0 heterocycles. The van der Waals surface area contributed by atoms with Crippen LogP contribution in [0.5, 0.6) is 0 Å². The van der Waals surface area contributed by atoms with Crippen molar-refractivity contribution in [3.05, 3.63) is 46.0 Å². The summed E-state index contributed by atoms with van der Waals surface area (Å²) in [6.45, 7) is 4.58. The summed E-state index contributed by atoms with van der Waals surface area (Å²) in [5.74, 6) is 0. The van der Waals surface area contributed by atoms with Crippen LogP contribution in [0.4, 0.5) is 0 Å². The van der Waals surface area contributed by atoms with Crippen molar-refractivity contribution in [3.63, 3.8) is 0 Å². The average Bonchev–Trinajstić information content (AvgIpc) is 2.39. The van der Waals surface area contributed by atoms with E-state index in [1.54, 1.807) is 30.3 Å². The third-order valence-corrected chi connectivity index (χ3v) is 5.33. The fraction of sp³-hybridized carbons (Fsp3) is 0.286. The number of rotatable bonds is 4. The van der Waals surface area contributed by atoms with E-state index in [1.807, 2.05) is 0 Å². The Bertz CT molecular complexity index is 710. The second kappa shape index (κ2) is 6.74. The number of hydrogen-bond donors (Lipinski definition) is 1. The third kappa shape index (κ3) is 4.31. The molecule has 1 rings (SSSR count). The molecule has 0 fully saturated rings. The first-order valence-corrected chi connectivity index (χ1v) is 7.94. The van der Waals surface area contributed by atoms with Gasteiger partial charge in [-0.15, -0.1) is 0 Å². The molecule has 0 bridgehead atoms. The van der Waals surface area contributed by atoms with Gasteiger partial charge < -0.3 is 0 Å². The SMILES string of the molecule is CC(C)(C)S(=O)(=O)/C(C#N)=C/N/N=C/c1ccccc1Cl. The first-order chi connectivity index (χ1) is 9.70. The molecule has 0 aromatic heterocycles. The van der Waals surface area contributed by atoms with E-state index in [0.29, 0.717) is 10.6 Å². The van der Waals surface area contributed by atoms with Gasteiger partial charge in [0.25, 0.3) is 0 Å². The predicted octanol–water partition coefficient (Wildman–Crippen LogP) is 2.84. The highest BCUT2D eigenvalue weighted by atomic mass is 35.5. The molecule has 1 aromatic carbocycles. The Hall–Kier alpha value is -1.84. The van der Waals surface area contributed by atoms with Gasteiger partial charge in [-0.25, -0.2) is 8.42 Å². The molecule has 0 unspecified atom stereocenters. The lowest BCUT2D eigenvalue weighted by molar-refractivity contribution is 0.568. The van der Waals surface area contributed by atoms with Crippen LogP contribution in [0.1, 0.15) is 26.3 Å². The lowest BCUT2D eigenvalue weighted by Gasteiger charge is -2.17. The monoisotopic (exact) mass is 325 g/mol. The average molecular weight is 326 g/mol. The highest BCUT2D eigenvalue weighted by molar-refractivity contribution is 7.96. The standard InChI is InChI=1S/C14H16ClN3O2S/c1-14(2,3)21(19,20)12(8-16)10-18-17-9-11-6-4-5-7-13(11)15/h4-7,9-10,18H,1-3H3/b12-10+,17-9+. The molecule has 1 N–H and O–H groups in total. The molecule has 0 aliphatic rings. The zero-order valence-corrected chi connectivity index (χ0v) is 13.5. The minimum absolute atomic E-state index is 0.369. The van der Waals surface area contributed by atoms with Crippen molar-refractivity contribution in [1.29, 1.82) is 5.26 Å². The van der Waals surface area contributed by atoms with Gasteiger partial charge in [0.1, 0.15) is 6.07 Å². The molecular weight excluding hydrogens is 310 g/mol. The van der Waals surface area contributed by atoms with Crippen molar-refractivity contribution in [2.75, 3.05) is 0 Å². The number of nitrogens with zero attached hydrogens (tertiary/aromatic N) is 2. The molecule has 0 aliphatic heterocycles. The summed E-state index contributed by atoms with van der Waals surface area (Å²) in [4.78, 5) is -0.369. The van der Waals surface area contributed by atoms with E-state index in [9.17, 15) is 8.42 Å². The summed E-state index contributed by atoms with van der Waals surface area (Å²) in [5, 5.41) is 13.3. The summed E-state index contributed by atoms with van der Waals surface area (Å²) in [6, 6.07) is 8.73. The fourth-order valence-electron chi connectivity index (χ4n) is 1.28. The van der Waals surface area contributed by atoms with Crippen LogP contribution in [0.15, 0.2) is 40.5 Å². The van der Waals surface area contributed by atoms with Crippen LogP contribution in [-0.2, 0) is 9.84 Å². The van der Waals surface area contributed by atoms with Gasteiger partial charge in [-0.3, -0.25) is 5.43 Å². The van der Waals surface area contributed by atoms with Gasteiger partial charge in [-0.1, -0.05) is 29.8 Å². The molecule has 0 radical (unpaired) electrons. The minimum atomic E-state index is -3.70. The zero-order valence-electron chi connectivity index (χ0n) is 12.0. The Morgan fingerprint density at radius 1 is 1.38 bits per heavy atom. The second-order valence-electron chi connectivity index (χ2n) is 5.15. The van der Waals surface area contributed by atoms with E-state index in [4.69, 9.17) is 16.9 Å². The molecule has 21 heavy (non-hydrogen) atoms. The van der Waals surface area contributed by atoms with E-state index in [2.05, 4.69) is 10.5 Å². The number of hydrazone groups is 1. The third-order valence-electron chi connectivity index (χ3n) is 2.58. The quantitative estimate of drug-likeness (QED) is 0.524. The fourth-order valence-corrected chi connectivity index (χ4v) is 2.45. The van der Waals surface area contributed by atoms with Gasteiger partial charge in [-0.2, -0.15) is 10.4 Å². The van der Waals surface area contributed by atoms with Gasteiger partial charge >= 0.3 is 0 Å². The highest BCUT2D eigenvalue weighted by Gasteiger charge is 2.33. The van der Waals surface area contributed by atoms with Crippen LogP contribution in [0, 0.1) is 11.3 Å². The van der Waals surface area contributed by atoms with Crippen molar-refractivity contribution in [1.82, 2.24) is 5.43 Å². The Balaban J connectivity index is 2.90.